The molecule has 0 radical (unpaired) electrons. The summed E-state index contributed by atoms with van der Waals surface area (Å²) < 4.78 is 4.98. The molecule has 1 aliphatic carbocycles. The average molecular weight is 325 g/mol. The molecule has 0 fully saturated rings. The van der Waals surface area contributed by atoms with Crippen LogP contribution in [-0.4, -0.2) is 23.6 Å². The van der Waals surface area contributed by atoms with Gasteiger partial charge in [-0.2, -0.15) is 0 Å². The predicted octanol–water partition coefficient (Wildman–Crippen LogP) is 2.98. The smallest absolute Gasteiger partial charge is 0.342 e. The van der Waals surface area contributed by atoms with Crippen molar-refractivity contribution in [3.05, 3.63) is 58.7 Å². The number of anilines is 1. The third kappa shape index (κ3) is 3.56. The highest BCUT2D eigenvalue weighted by Crippen LogP contribution is 2.25. The number of aryl methyl sites for hydroxylation is 3. The fourth-order valence-corrected chi connectivity index (χ4v) is 2.87. The van der Waals surface area contributed by atoms with Gasteiger partial charge in [0.05, 0.1) is 0 Å². The van der Waals surface area contributed by atoms with E-state index in [4.69, 9.17) is 4.74 Å². The van der Waals surface area contributed by atoms with E-state index in [1.165, 1.54) is 23.3 Å². The Morgan fingerprint density at radius 3 is 2.75 bits per heavy atom. The third-order valence-corrected chi connectivity index (χ3v) is 4.09. The van der Waals surface area contributed by atoms with Crippen LogP contribution in [0, 0.1) is 6.92 Å². The Hall–Kier alpha value is -2.82. The zero-order chi connectivity index (χ0) is 17.1. The predicted molar refractivity (Wildman–Crippen MR) is 90.2 cm³/mol. The Morgan fingerprint density at radius 1 is 1.12 bits per heavy atom. The number of rotatable bonds is 4. The first kappa shape index (κ1) is 16.1. The number of ether oxygens (including phenoxy) is 1. The number of carbonyl (C=O) groups excluding carboxylic acids is 2. The van der Waals surface area contributed by atoms with E-state index in [-0.39, 0.29) is 11.3 Å². The van der Waals surface area contributed by atoms with E-state index in [0.717, 1.165) is 24.8 Å². The molecule has 0 bridgehead atoms. The quantitative estimate of drug-likeness (QED) is 0.847. The van der Waals surface area contributed by atoms with Crippen LogP contribution in [-0.2, 0) is 22.4 Å². The Balaban J connectivity index is 1.57. The van der Waals surface area contributed by atoms with Crippen LogP contribution in [0.3, 0.4) is 0 Å². The minimum Gasteiger partial charge on any atom is -0.507 e. The van der Waals surface area contributed by atoms with Crippen molar-refractivity contribution in [3.63, 3.8) is 0 Å². The summed E-state index contributed by atoms with van der Waals surface area (Å²) in [4.78, 5) is 23.9. The summed E-state index contributed by atoms with van der Waals surface area (Å²) >= 11 is 0. The standard InChI is InChI=1S/C19H19NO4/c1-12-5-8-17(21)16(9-12)19(23)24-11-18(22)20-15-7-6-13-3-2-4-14(13)10-15/h5-10,21H,2-4,11H2,1H3,(H,20,22). The van der Waals surface area contributed by atoms with Gasteiger partial charge in [-0.3, -0.25) is 4.79 Å². The van der Waals surface area contributed by atoms with Crippen LogP contribution < -0.4 is 5.32 Å². The summed E-state index contributed by atoms with van der Waals surface area (Å²) in [5.41, 5.74) is 4.17. The van der Waals surface area contributed by atoms with Crippen LogP contribution in [0.1, 0.15) is 33.5 Å². The highest BCUT2D eigenvalue weighted by atomic mass is 16.5. The normalized spacial score (nSPS) is 12.5. The van der Waals surface area contributed by atoms with Crippen molar-refractivity contribution >= 4 is 17.6 Å². The van der Waals surface area contributed by atoms with Gasteiger partial charge in [-0.1, -0.05) is 17.7 Å². The van der Waals surface area contributed by atoms with Gasteiger partial charge in [0, 0.05) is 5.69 Å². The zero-order valence-electron chi connectivity index (χ0n) is 13.5. The number of hydrogen-bond acceptors (Lipinski definition) is 4. The highest BCUT2D eigenvalue weighted by molar-refractivity contribution is 5.96. The lowest BCUT2D eigenvalue weighted by molar-refractivity contribution is -0.119. The Bertz CT molecular complexity index is 798. The van der Waals surface area contributed by atoms with Gasteiger partial charge in [-0.25, -0.2) is 4.79 Å². The molecule has 0 saturated carbocycles. The molecule has 2 N–H and O–H groups in total. The first-order valence-corrected chi connectivity index (χ1v) is 7.91. The molecule has 0 spiro atoms. The number of carbonyl (C=O) groups is 2. The summed E-state index contributed by atoms with van der Waals surface area (Å²) in [6.45, 7) is 1.40. The van der Waals surface area contributed by atoms with Gasteiger partial charge in [0.1, 0.15) is 11.3 Å². The van der Waals surface area contributed by atoms with E-state index in [2.05, 4.69) is 5.32 Å². The molecule has 0 atom stereocenters. The lowest BCUT2D eigenvalue weighted by Gasteiger charge is -2.09. The Morgan fingerprint density at radius 2 is 1.92 bits per heavy atom. The molecule has 2 aromatic carbocycles. The number of nitrogens with one attached hydrogen (secondary N) is 1. The number of phenols is 1. The molecule has 124 valence electrons. The number of esters is 1. The summed E-state index contributed by atoms with van der Waals surface area (Å²) in [5.74, 6) is -1.29. The number of benzene rings is 2. The molecule has 5 nitrogen and oxygen atoms in total. The summed E-state index contributed by atoms with van der Waals surface area (Å²) in [5, 5.41) is 12.4. The van der Waals surface area contributed by atoms with Crippen LogP contribution in [0.2, 0.25) is 0 Å². The van der Waals surface area contributed by atoms with Crippen LogP contribution in [0.15, 0.2) is 36.4 Å². The van der Waals surface area contributed by atoms with Gasteiger partial charge in [-0.05, 0) is 61.6 Å². The maximum absolute atomic E-state index is 12.0. The van der Waals surface area contributed by atoms with Gasteiger partial charge in [0.25, 0.3) is 5.91 Å². The molecular formula is C19H19NO4. The van der Waals surface area contributed by atoms with E-state index in [0.29, 0.717) is 5.69 Å². The molecule has 1 aliphatic rings. The summed E-state index contributed by atoms with van der Waals surface area (Å²) in [6.07, 6.45) is 3.26. The van der Waals surface area contributed by atoms with Crippen molar-refractivity contribution in [2.45, 2.75) is 26.2 Å². The van der Waals surface area contributed by atoms with E-state index < -0.39 is 18.5 Å². The molecule has 0 unspecified atom stereocenters. The van der Waals surface area contributed by atoms with Crippen LogP contribution in [0.5, 0.6) is 5.75 Å². The molecular weight excluding hydrogens is 306 g/mol. The lowest BCUT2D eigenvalue weighted by Crippen LogP contribution is -2.21. The van der Waals surface area contributed by atoms with Gasteiger partial charge in [0.15, 0.2) is 6.61 Å². The fourth-order valence-electron chi connectivity index (χ4n) is 2.87. The highest BCUT2D eigenvalue weighted by Gasteiger charge is 2.15. The second-order valence-corrected chi connectivity index (χ2v) is 5.98. The second kappa shape index (κ2) is 6.74. The van der Waals surface area contributed by atoms with Crippen LogP contribution in [0.25, 0.3) is 0 Å². The maximum atomic E-state index is 12.0. The van der Waals surface area contributed by atoms with Crippen molar-refractivity contribution in [1.82, 2.24) is 0 Å². The lowest BCUT2D eigenvalue weighted by atomic mass is 10.1. The van der Waals surface area contributed by atoms with Crippen molar-refractivity contribution in [1.29, 1.82) is 0 Å². The Labute approximate surface area is 140 Å². The molecule has 0 saturated heterocycles. The molecule has 1 amide bonds. The minimum atomic E-state index is -0.722. The number of amides is 1. The van der Waals surface area contributed by atoms with Crippen molar-refractivity contribution in [3.8, 4) is 5.75 Å². The third-order valence-electron chi connectivity index (χ3n) is 4.09. The SMILES string of the molecule is Cc1ccc(O)c(C(=O)OCC(=O)Nc2ccc3c(c2)CCC3)c1. The van der Waals surface area contributed by atoms with Gasteiger partial charge in [-0.15, -0.1) is 0 Å². The number of aromatic hydroxyl groups is 1. The summed E-state index contributed by atoms with van der Waals surface area (Å²) in [7, 11) is 0. The average Bonchev–Trinajstić information content (AvgIpc) is 3.02. The molecule has 5 heteroatoms. The van der Waals surface area contributed by atoms with Crippen LogP contribution >= 0.6 is 0 Å². The fraction of sp³-hybridized carbons (Fsp3) is 0.263. The van der Waals surface area contributed by atoms with Crippen molar-refractivity contribution in [2.75, 3.05) is 11.9 Å². The molecule has 24 heavy (non-hydrogen) atoms. The molecule has 3 rings (SSSR count). The van der Waals surface area contributed by atoms with Gasteiger partial charge >= 0.3 is 5.97 Å². The zero-order valence-corrected chi connectivity index (χ0v) is 13.5. The molecule has 0 aromatic heterocycles. The van der Waals surface area contributed by atoms with Crippen molar-refractivity contribution < 1.29 is 19.4 Å². The second-order valence-electron chi connectivity index (χ2n) is 5.98. The van der Waals surface area contributed by atoms with Crippen LogP contribution in [0.4, 0.5) is 5.69 Å². The Kier molecular flexibility index (Phi) is 4.51. The van der Waals surface area contributed by atoms with Gasteiger partial charge < -0.3 is 15.2 Å². The first-order chi connectivity index (χ1) is 11.5. The summed E-state index contributed by atoms with van der Waals surface area (Å²) in [6, 6.07) is 10.5. The van der Waals surface area contributed by atoms with E-state index >= 15 is 0 Å². The number of hydrogen-bond donors (Lipinski definition) is 2. The van der Waals surface area contributed by atoms with E-state index in [9.17, 15) is 14.7 Å². The molecule has 0 aliphatic heterocycles. The van der Waals surface area contributed by atoms with E-state index in [1.807, 2.05) is 18.2 Å². The minimum absolute atomic E-state index is 0.0559. The number of phenolic OH excluding ortho intramolecular Hbond substituents is 1. The molecule has 2 aromatic rings. The topological polar surface area (TPSA) is 75.6 Å². The molecule has 0 heterocycles. The first-order valence-electron chi connectivity index (χ1n) is 7.91. The number of fused-ring (bicyclic) bond motifs is 1. The maximum Gasteiger partial charge on any atom is 0.342 e. The van der Waals surface area contributed by atoms with E-state index in [1.54, 1.807) is 13.0 Å². The van der Waals surface area contributed by atoms with Gasteiger partial charge in [0.2, 0.25) is 0 Å². The van der Waals surface area contributed by atoms with Crippen molar-refractivity contribution in [2.24, 2.45) is 0 Å². The monoisotopic (exact) mass is 325 g/mol. The largest absolute Gasteiger partial charge is 0.507 e.